The van der Waals surface area contributed by atoms with Crippen LogP contribution in [0.3, 0.4) is 0 Å². The standard InChI is InChI=1S/C15H20N2O5/c1-4-14-6-5-9(15(14,8-14)12(18)19)22-13-16-10(20-2)7-11(17-13)21-3/h7,9H,4-6,8H2,1-3H3,(H,18,19). The van der Waals surface area contributed by atoms with Crippen LogP contribution in [0.25, 0.3) is 0 Å². The number of carboxylic acids is 1. The maximum absolute atomic E-state index is 11.8. The van der Waals surface area contributed by atoms with Gasteiger partial charge in [0.05, 0.1) is 20.3 Å². The van der Waals surface area contributed by atoms with Gasteiger partial charge in [-0.25, -0.2) is 0 Å². The van der Waals surface area contributed by atoms with Gasteiger partial charge in [0.2, 0.25) is 11.8 Å². The van der Waals surface area contributed by atoms with Crippen LogP contribution < -0.4 is 14.2 Å². The van der Waals surface area contributed by atoms with Gasteiger partial charge in [0.1, 0.15) is 11.5 Å². The summed E-state index contributed by atoms with van der Waals surface area (Å²) in [6.07, 6.45) is 2.66. The summed E-state index contributed by atoms with van der Waals surface area (Å²) in [4.78, 5) is 20.1. The Kier molecular flexibility index (Phi) is 3.38. The highest BCUT2D eigenvalue weighted by molar-refractivity contribution is 5.82. The lowest BCUT2D eigenvalue weighted by atomic mass is 9.93. The van der Waals surface area contributed by atoms with Gasteiger partial charge < -0.3 is 19.3 Å². The zero-order chi connectivity index (χ0) is 16.0. The maximum atomic E-state index is 11.8. The van der Waals surface area contributed by atoms with Crippen molar-refractivity contribution >= 4 is 5.97 Å². The second-order valence-electron chi connectivity index (χ2n) is 5.97. The highest BCUT2D eigenvalue weighted by atomic mass is 16.5. The average molecular weight is 308 g/mol. The molecule has 2 aliphatic rings. The van der Waals surface area contributed by atoms with Crippen molar-refractivity contribution in [1.29, 1.82) is 0 Å². The van der Waals surface area contributed by atoms with Crippen molar-refractivity contribution < 1.29 is 24.1 Å². The zero-order valence-electron chi connectivity index (χ0n) is 13.0. The molecule has 2 saturated carbocycles. The molecule has 3 rings (SSSR count). The van der Waals surface area contributed by atoms with Crippen LogP contribution in [0.4, 0.5) is 0 Å². The largest absolute Gasteiger partial charge is 0.481 e. The molecule has 120 valence electrons. The highest BCUT2D eigenvalue weighted by Gasteiger charge is 2.78. The van der Waals surface area contributed by atoms with Gasteiger partial charge in [0.25, 0.3) is 0 Å². The molecule has 1 aromatic rings. The van der Waals surface area contributed by atoms with Crippen molar-refractivity contribution in [2.45, 2.75) is 38.7 Å². The Morgan fingerprint density at radius 1 is 1.36 bits per heavy atom. The predicted molar refractivity (Wildman–Crippen MR) is 76.2 cm³/mol. The zero-order valence-corrected chi connectivity index (χ0v) is 13.0. The fourth-order valence-corrected chi connectivity index (χ4v) is 3.90. The van der Waals surface area contributed by atoms with E-state index in [-0.39, 0.29) is 11.4 Å². The number of hydrogen-bond donors (Lipinski definition) is 1. The van der Waals surface area contributed by atoms with Gasteiger partial charge in [-0.3, -0.25) is 4.79 Å². The molecule has 1 N–H and O–H groups in total. The van der Waals surface area contributed by atoms with Crippen molar-refractivity contribution in [1.82, 2.24) is 9.97 Å². The molecule has 22 heavy (non-hydrogen) atoms. The first-order valence-corrected chi connectivity index (χ1v) is 7.38. The Balaban J connectivity index is 1.86. The SMILES string of the molecule is CCC12CCC(Oc3nc(OC)cc(OC)n3)C1(C(=O)O)C2. The lowest BCUT2D eigenvalue weighted by molar-refractivity contribution is -0.148. The third-order valence-electron chi connectivity index (χ3n) is 5.26. The number of carbonyl (C=O) groups is 1. The molecular formula is C15H20N2O5. The van der Waals surface area contributed by atoms with Gasteiger partial charge in [-0.05, 0) is 31.1 Å². The molecule has 0 saturated heterocycles. The molecule has 0 bridgehead atoms. The Labute approximate surface area is 128 Å². The summed E-state index contributed by atoms with van der Waals surface area (Å²) in [5, 5.41) is 9.69. The molecule has 7 heteroatoms. The molecule has 1 aromatic heterocycles. The van der Waals surface area contributed by atoms with Gasteiger partial charge in [-0.2, -0.15) is 9.97 Å². The van der Waals surface area contributed by atoms with Crippen molar-refractivity contribution in [2.75, 3.05) is 14.2 Å². The molecule has 0 spiro atoms. The molecule has 7 nitrogen and oxygen atoms in total. The van der Waals surface area contributed by atoms with Gasteiger partial charge >= 0.3 is 12.0 Å². The van der Waals surface area contributed by atoms with Crippen molar-refractivity contribution in [3.63, 3.8) is 0 Å². The molecule has 0 amide bonds. The van der Waals surface area contributed by atoms with E-state index in [0.29, 0.717) is 24.6 Å². The number of ether oxygens (including phenoxy) is 3. The van der Waals surface area contributed by atoms with E-state index in [1.165, 1.54) is 14.2 Å². The fourth-order valence-electron chi connectivity index (χ4n) is 3.90. The number of fused-ring (bicyclic) bond motifs is 1. The van der Waals surface area contributed by atoms with Crippen LogP contribution in [0.15, 0.2) is 6.07 Å². The first-order valence-electron chi connectivity index (χ1n) is 7.38. The number of methoxy groups -OCH3 is 2. The van der Waals surface area contributed by atoms with Crippen LogP contribution in [-0.4, -0.2) is 41.4 Å². The van der Waals surface area contributed by atoms with Gasteiger partial charge in [-0.15, -0.1) is 0 Å². The van der Waals surface area contributed by atoms with E-state index in [4.69, 9.17) is 14.2 Å². The first-order chi connectivity index (χ1) is 10.5. The van der Waals surface area contributed by atoms with Gasteiger partial charge in [0, 0.05) is 0 Å². The summed E-state index contributed by atoms with van der Waals surface area (Å²) in [7, 11) is 2.98. The molecule has 2 fully saturated rings. The van der Waals surface area contributed by atoms with E-state index in [2.05, 4.69) is 9.97 Å². The third kappa shape index (κ3) is 1.91. The van der Waals surface area contributed by atoms with Crippen LogP contribution in [0, 0.1) is 10.8 Å². The number of aliphatic carboxylic acids is 1. The normalized spacial score (nSPS) is 32.2. The summed E-state index contributed by atoms with van der Waals surface area (Å²) >= 11 is 0. The number of aromatic nitrogens is 2. The Bertz CT molecular complexity index is 585. The summed E-state index contributed by atoms with van der Waals surface area (Å²) in [6, 6.07) is 1.64. The van der Waals surface area contributed by atoms with Crippen LogP contribution in [-0.2, 0) is 4.79 Å². The Morgan fingerprint density at radius 2 is 2.00 bits per heavy atom. The van der Waals surface area contributed by atoms with E-state index in [0.717, 1.165) is 12.8 Å². The average Bonchev–Trinajstić information content (AvgIpc) is 3.13. The number of rotatable bonds is 6. The molecule has 1 heterocycles. The van der Waals surface area contributed by atoms with E-state index in [1.807, 2.05) is 6.92 Å². The van der Waals surface area contributed by atoms with E-state index in [9.17, 15) is 9.90 Å². The lowest BCUT2D eigenvalue weighted by Crippen LogP contribution is -2.34. The first kappa shape index (κ1) is 14.9. The monoisotopic (exact) mass is 308 g/mol. The van der Waals surface area contributed by atoms with Crippen LogP contribution >= 0.6 is 0 Å². The molecule has 0 aromatic carbocycles. The minimum absolute atomic E-state index is 0.0978. The highest BCUT2D eigenvalue weighted by Crippen LogP contribution is 2.75. The molecule has 3 atom stereocenters. The maximum Gasteiger partial charge on any atom is 0.323 e. The minimum Gasteiger partial charge on any atom is -0.481 e. The van der Waals surface area contributed by atoms with Crippen molar-refractivity contribution in [3.8, 4) is 17.8 Å². The second-order valence-corrected chi connectivity index (χ2v) is 5.97. The number of hydrogen-bond acceptors (Lipinski definition) is 6. The second kappa shape index (κ2) is 5.00. The van der Waals surface area contributed by atoms with E-state index < -0.39 is 17.5 Å². The van der Waals surface area contributed by atoms with Gasteiger partial charge in [0.15, 0.2) is 0 Å². The summed E-state index contributed by atoms with van der Waals surface area (Å²) in [6.45, 7) is 2.04. The van der Waals surface area contributed by atoms with Crippen molar-refractivity contribution in [3.05, 3.63) is 6.07 Å². The smallest absolute Gasteiger partial charge is 0.323 e. The van der Waals surface area contributed by atoms with Gasteiger partial charge in [-0.1, -0.05) is 6.92 Å². The Morgan fingerprint density at radius 3 is 2.45 bits per heavy atom. The van der Waals surface area contributed by atoms with Crippen molar-refractivity contribution in [2.24, 2.45) is 10.8 Å². The fraction of sp³-hybridized carbons (Fsp3) is 0.667. The summed E-state index contributed by atoms with van der Waals surface area (Å²) in [5.41, 5.74) is -0.937. The summed E-state index contributed by atoms with van der Waals surface area (Å²) in [5.74, 6) is -0.143. The quantitative estimate of drug-likeness (QED) is 0.858. The molecule has 3 unspecified atom stereocenters. The Hall–Kier alpha value is -2.05. The predicted octanol–water partition coefficient (Wildman–Crippen LogP) is 1.91. The van der Waals surface area contributed by atoms with E-state index in [1.54, 1.807) is 6.07 Å². The number of nitrogens with zero attached hydrogens (tertiary/aromatic N) is 2. The molecule has 0 aliphatic heterocycles. The van der Waals surface area contributed by atoms with Crippen LogP contribution in [0.2, 0.25) is 0 Å². The number of carboxylic acid groups (broad SMARTS) is 1. The van der Waals surface area contributed by atoms with Crippen LogP contribution in [0.1, 0.15) is 32.6 Å². The van der Waals surface area contributed by atoms with Crippen LogP contribution in [0.5, 0.6) is 17.8 Å². The minimum atomic E-state index is -0.804. The topological polar surface area (TPSA) is 90.8 Å². The van der Waals surface area contributed by atoms with E-state index >= 15 is 0 Å². The molecule has 0 radical (unpaired) electrons. The molecule has 2 aliphatic carbocycles. The molecular weight excluding hydrogens is 288 g/mol. The summed E-state index contributed by atoms with van der Waals surface area (Å²) < 4.78 is 16.0. The lowest BCUT2D eigenvalue weighted by Gasteiger charge is -2.21. The third-order valence-corrected chi connectivity index (χ3v) is 5.26.